The molecule has 0 saturated heterocycles. The van der Waals surface area contributed by atoms with E-state index in [2.05, 4.69) is 16.6 Å². The average molecular weight is 401 g/mol. The number of hydrogen-bond acceptors (Lipinski definition) is 4. The van der Waals surface area contributed by atoms with Crippen molar-refractivity contribution in [2.45, 2.75) is 11.4 Å². The first-order chi connectivity index (χ1) is 13.3. The number of carbonyl (C=O) groups is 2. The molecule has 2 aromatic rings. The molecule has 2 aromatic carbocycles. The molecule has 0 aliphatic rings. The molecule has 0 aliphatic heterocycles. The van der Waals surface area contributed by atoms with Crippen LogP contribution >= 0.6 is 0 Å². The molecule has 0 fully saturated rings. The van der Waals surface area contributed by atoms with Gasteiger partial charge in [0.05, 0.1) is 4.90 Å². The highest BCUT2D eigenvalue weighted by atomic mass is 32.2. The molecule has 0 aromatic heterocycles. The van der Waals surface area contributed by atoms with Crippen LogP contribution in [-0.4, -0.2) is 45.8 Å². The number of nitrogens with one attached hydrogen (secondary N) is 2. The molecule has 0 heterocycles. The number of amides is 2. The van der Waals surface area contributed by atoms with Crippen molar-refractivity contribution in [1.82, 2.24) is 14.9 Å². The summed E-state index contributed by atoms with van der Waals surface area (Å²) in [4.78, 5) is 25.8. The predicted octanol–water partition coefficient (Wildman–Crippen LogP) is 1.78. The number of benzene rings is 2. The van der Waals surface area contributed by atoms with Crippen molar-refractivity contribution in [2.24, 2.45) is 0 Å². The third-order valence-electron chi connectivity index (χ3n) is 4.02. The van der Waals surface area contributed by atoms with Gasteiger partial charge in [-0.15, -0.1) is 6.58 Å². The normalized spacial score (nSPS) is 10.9. The molecule has 0 spiro atoms. The van der Waals surface area contributed by atoms with Crippen LogP contribution in [0.3, 0.4) is 0 Å². The molecular weight excluding hydrogens is 378 g/mol. The second-order valence-corrected chi connectivity index (χ2v) is 7.87. The van der Waals surface area contributed by atoms with Gasteiger partial charge in [-0.3, -0.25) is 9.59 Å². The highest BCUT2D eigenvalue weighted by Gasteiger charge is 2.17. The average Bonchev–Trinajstić information content (AvgIpc) is 2.71. The Hall–Kier alpha value is -2.97. The Morgan fingerprint density at radius 2 is 1.79 bits per heavy atom. The first-order valence-electron chi connectivity index (χ1n) is 8.55. The van der Waals surface area contributed by atoms with E-state index in [0.717, 1.165) is 5.56 Å². The SMILES string of the molecule is C=CCNS(=O)(=O)c1cccc(C(=O)N(C)Cc2ccc(C(=O)NC)cc2)c1. The third kappa shape index (κ3) is 5.28. The number of sulfonamides is 1. The van der Waals surface area contributed by atoms with E-state index in [4.69, 9.17) is 0 Å². The molecule has 2 rings (SSSR count). The van der Waals surface area contributed by atoms with Crippen molar-refractivity contribution in [2.75, 3.05) is 20.6 Å². The molecule has 0 unspecified atom stereocenters. The van der Waals surface area contributed by atoms with E-state index in [9.17, 15) is 18.0 Å². The van der Waals surface area contributed by atoms with Gasteiger partial charge in [-0.1, -0.05) is 24.3 Å². The van der Waals surface area contributed by atoms with Gasteiger partial charge in [0.25, 0.3) is 11.8 Å². The Kier molecular flexibility index (Phi) is 7.08. The molecule has 0 saturated carbocycles. The lowest BCUT2D eigenvalue weighted by molar-refractivity contribution is 0.0784. The number of hydrogen-bond donors (Lipinski definition) is 2. The minimum absolute atomic E-state index is 0.0172. The fourth-order valence-corrected chi connectivity index (χ4v) is 3.56. The summed E-state index contributed by atoms with van der Waals surface area (Å²) in [6.07, 6.45) is 1.44. The molecule has 0 aliphatic carbocycles. The summed E-state index contributed by atoms with van der Waals surface area (Å²) >= 11 is 0. The maximum atomic E-state index is 12.7. The maximum Gasteiger partial charge on any atom is 0.253 e. The summed E-state index contributed by atoms with van der Waals surface area (Å²) in [5.74, 6) is -0.491. The lowest BCUT2D eigenvalue weighted by atomic mass is 10.1. The lowest BCUT2D eigenvalue weighted by Crippen LogP contribution is -2.27. The summed E-state index contributed by atoms with van der Waals surface area (Å²) in [7, 11) is -0.518. The minimum atomic E-state index is -3.71. The summed E-state index contributed by atoms with van der Waals surface area (Å²) in [6.45, 7) is 3.90. The van der Waals surface area contributed by atoms with Crippen molar-refractivity contribution in [3.8, 4) is 0 Å². The van der Waals surface area contributed by atoms with Crippen LogP contribution in [0.4, 0.5) is 0 Å². The molecule has 2 N–H and O–H groups in total. The number of nitrogens with zero attached hydrogens (tertiary/aromatic N) is 1. The zero-order valence-electron chi connectivity index (χ0n) is 15.8. The lowest BCUT2D eigenvalue weighted by Gasteiger charge is -2.18. The van der Waals surface area contributed by atoms with E-state index in [0.29, 0.717) is 12.1 Å². The van der Waals surface area contributed by atoms with Crippen LogP contribution < -0.4 is 10.0 Å². The molecule has 28 heavy (non-hydrogen) atoms. The van der Waals surface area contributed by atoms with Gasteiger partial charge < -0.3 is 10.2 Å². The first-order valence-corrected chi connectivity index (χ1v) is 10.0. The Balaban J connectivity index is 2.14. The standard InChI is InChI=1S/C20H23N3O4S/c1-4-12-22-28(26,27)18-7-5-6-17(13-18)20(25)23(3)14-15-8-10-16(11-9-15)19(24)21-2/h4-11,13,22H,1,12,14H2,2-3H3,(H,21,24). The summed E-state index contributed by atoms with van der Waals surface area (Å²) in [6, 6.07) is 12.8. The highest BCUT2D eigenvalue weighted by Crippen LogP contribution is 2.15. The van der Waals surface area contributed by atoms with Gasteiger partial charge in [0.1, 0.15) is 0 Å². The number of carbonyl (C=O) groups excluding carboxylic acids is 2. The third-order valence-corrected chi connectivity index (χ3v) is 5.44. The number of rotatable bonds is 8. The molecule has 0 radical (unpaired) electrons. The van der Waals surface area contributed by atoms with E-state index in [-0.39, 0.29) is 28.8 Å². The summed E-state index contributed by atoms with van der Waals surface area (Å²) in [5.41, 5.74) is 1.65. The van der Waals surface area contributed by atoms with Crippen molar-refractivity contribution in [3.05, 3.63) is 77.9 Å². The van der Waals surface area contributed by atoms with Crippen LogP contribution in [0.25, 0.3) is 0 Å². The van der Waals surface area contributed by atoms with Gasteiger partial charge in [0.15, 0.2) is 0 Å². The van der Waals surface area contributed by atoms with Crippen LogP contribution in [0.1, 0.15) is 26.3 Å². The van der Waals surface area contributed by atoms with E-state index in [1.807, 2.05) is 0 Å². The van der Waals surface area contributed by atoms with Gasteiger partial charge in [0, 0.05) is 38.3 Å². The van der Waals surface area contributed by atoms with Crippen LogP contribution in [0.2, 0.25) is 0 Å². The molecule has 2 amide bonds. The molecule has 8 heteroatoms. The second kappa shape index (κ2) is 9.29. The molecular formula is C20H23N3O4S. The fraction of sp³-hybridized carbons (Fsp3) is 0.200. The Labute approximate surface area is 165 Å². The maximum absolute atomic E-state index is 12.7. The van der Waals surface area contributed by atoms with Crippen LogP contribution in [-0.2, 0) is 16.6 Å². The van der Waals surface area contributed by atoms with E-state index < -0.39 is 10.0 Å². The smallest absolute Gasteiger partial charge is 0.253 e. The van der Waals surface area contributed by atoms with Crippen molar-refractivity contribution in [3.63, 3.8) is 0 Å². The van der Waals surface area contributed by atoms with Crippen LogP contribution in [0.5, 0.6) is 0 Å². The van der Waals surface area contributed by atoms with Crippen molar-refractivity contribution >= 4 is 21.8 Å². The molecule has 148 valence electrons. The molecule has 7 nitrogen and oxygen atoms in total. The van der Waals surface area contributed by atoms with Gasteiger partial charge >= 0.3 is 0 Å². The fourth-order valence-electron chi connectivity index (χ4n) is 2.52. The zero-order valence-corrected chi connectivity index (χ0v) is 16.6. The highest BCUT2D eigenvalue weighted by molar-refractivity contribution is 7.89. The molecule has 0 atom stereocenters. The quantitative estimate of drug-likeness (QED) is 0.659. The summed E-state index contributed by atoms with van der Waals surface area (Å²) in [5, 5.41) is 2.55. The zero-order chi connectivity index (χ0) is 20.7. The van der Waals surface area contributed by atoms with E-state index in [1.165, 1.54) is 29.2 Å². The van der Waals surface area contributed by atoms with E-state index in [1.54, 1.807) is 44.4 Å². The van der Waals surface area contributed by atoms with E-state index >= 15 is 0 Å². The Morgan fingerprint density at radius 1 is 1.11 bits per heavy atom. The monoisotopic (exact) mass is 401 g/mol. The second-order valence-electron chi connectivity index (χ2n) is 6.11. The van der Waals surface area contributed by atoms with Crippen LogP contribution in [0, 0.1) is 0 Å². The van der Waals surface area contributed by atoms with Gasteiger partial charge in [-0.2, -0.15) is 0 Å². The van der Waals surface area contributed by atoms with Gasteiger partial charge in [-0.05, 0) is 35.9 Å². The van der Waals surface area contributed by atoms with Crippen LogP contribution in [0.15, 0.2) is 66.1 Å². The Bertz CT molecular complexity index is 969. The Morgan fingerprint density at radius 3 is 2.39 bits per heavy atom. The topological polar surface area (TPSA) is 95.6 Å². The summed E-state index contributed by atoms with van der Waals surface area (Å²) < 4.78 is 26.8. The first kappa shape index (κ1) is 21.3. The predicted molar refractivity (Wildman–Crippen MR) is 107 cm³/mol. The largest absolute Gasteiger partial charge is 0.355 e. The van der Waals surface area contributed by atoms with Gasteiger partial charge in [-0.25, -0.2) is 13.1 Å². The van der Waals surface area contributed by atoms with Crippen molar-refractivity contribution < 1.29 is 18.0 Å². The van der Waals surface area contributed by atoms with Gasteiger partial charge in [0.2, 0.25) is 10.0 Å². The van der Waals surface area contributed by atoms with Crippen molar-refractivity contribution in [1.29, 1.82) is 0 Å². The molecule has 0 bridgehead atoms. The minimum Gasteiger partial charge on any atom is -0.355 e.